The summed E-state index contributed by atoms with van der Waals surface area (Å²) in [5, 5.41) is 10.4. The Morgan fingerprint density at radius 1 is 0.977 bits per heavy atom. The first kappa shape index (κ1) is 31.6. The SMILES string of the molecule is COC(=O)CNC(=O)CC(NC(=O)c1cc(-c2c(OC)cccc2OCc2ccccc2)n(C2CCCCC2)n1)C(C)C. The molecule has 0 radical (unpaired) electrons. The van der Waals surface area contributed by atoms with Crippen molar-refractivity contribution < 1.29 is 28.6 Å². The van der Waals surface area contributed by atoms with Crippen molar-refractivity contribution >= 4 is 17.8 Å². The molecule has 0 spiro atoms. The second-order valence-electron chi connectivity index (χ2n) is 11.1. The van der Waals surface area contributed by atoms with Crippen molar-refractivity contribution in [1.82, 2.24) is 20.4 Å². The third kappa shape index (κ3) is 8.37. The summed E-state index contributed by atoms with van der Waals surface area (Å²) in [6.45, 7) is 4.00. The molecule has 10 nitrogen and oxygen atoms in total. The summed E-state index contributed by atoms with van der Waals surface area (Å²) in [6, 6.07) is 17.0. The summed E-state index contributed by atoms with van der Waals surface area (Å²) in [5.41, 5.74) is 2.77. The highest BCUT2D eigenvalue weighted by atomic mass is 16.5. The number of nitrogens with one attached hydrogen (secondary N) is 2. The van der Waals surface area contributed by atoms with Crippen LogP contribution in [-0.4, -0.2) is 54.4 Å². The zero-order chi connectivity index (χ0) is 30.8. The number of carbonyl (C=O) groups excluding carboxylic acids is 3. The monoisotopic (exact) mass is 590 g/mol. The van der Waals surface area contributed by atoms with Gasteiger partial charge < -0.3 is 24.8 Å². The maximum Gasteiger partial charge on any atom is 0.325 e. The molecule has 230 valence electrons. The van der Waals surface area contributed by atoms with E-state index < -0.39 is 12.0 Å². The highest BCUT2D eigenvalue weighted by molar-refractivity contribution is 5.94. The first-order valence-corrected chi connectivity index (χ1v) is 14.9. The van der Waals surface area contributed by atoms with E-state index in [2.05, 4.69) is 15.4 Å². The second-order valence-corrected chi connectivity index (χ2v) is 11.1. The molecule has 4 rings (SSSR count). The number of aromatic nitrogens is 2. The molecule has 1 saturated carbocycles. The molecule has 1 atom stereocenters. The molecular formula is C33H42N4O6. The van der Waals surface area contributed by atoms with Crippen LogP contribution in [-0.2, 0) is 20.9 Å². The van der Waals surface area contributed by atoms with Gasteiger partial charge in [0.05, 0.1) is 31.5 Å². The second kappa shape index (κ2) is 15.2. The average Bonchev–Trinajstić information content (AvgIpc) is 3.48. The molecule has 1 aliphatic rings. The van der Waals surface area contributed by atoms with Crippen molar-refractivity contribution in [3.63, 3.8) is 0 Å². The summed E-state index contributed by atoms with van der Waals surface area (Å²) in [5.74, 6) is -0.0575. The molecule has 0 aliphatic heterocycles. The zero-order valence-electron chi connectivity index (χ0n) is 25.4. The van der Waals surface area contributed by atoms with Gasteiger partial charge in [-0.2, -0.15) is 5.10 Å². The molecule has 1 aliphatic carbocycles. The van der Waals surface area contributed by atoms with Gasteiger partial charge in [0, 0.05) is 12.5 Å². The van der Waals surface area contributed by atoms with Crippen molar-refractivity contribution in [2.24, 2.45) is 5.92 Å². The normalized spacial score (nSPS) is 14.2. The van der Waals surface area contributed by atoms with Gasteiger partial charge in [0.1, 0.15) is 24.7 Å². The summed E-state index contributed by atoms with van der Waals surface area (Å²) in [4.78, 5) is 37.6. The van der Waals surface area contributed by atoms with Crippen LogP contribution in [0.3, 0.4) is 0 Å². The van der Waals surface area contributed by atoms with E-state index in [1.807, 2.05) is 67.1 Å². The standard InChI is InChI=1S/C33H42N4O6/c1-22(2)25(19-30(38)34-20-31(39)42-4)35-33(40)26-18-27(37(36-26)24-14-9-6-10-15-24)32-28(41-3)16-11-17-29(32)43-21-23-12-7-5-8-13-23/h5,7-8,11-13,16-18,22,24-25H,6,9-10,14-15,19-21H2,1-4H3,(H,34,38)(H,35,40). The van der Waals surface area contributed by atoms with Crippen LogP contribution in [0.5, 0.6) is 11.5 Å². The molecule has 2 N–H and O–H groups in total. The number of hydrogen-bond donors (Lipinski definition) is 2. The molecule has 1 heterocycles. The van der Waals surface area contributed by atoms with Crippen LogP contribution in [0.15, 0.2) is 54.6 Å². The molecule has 10 heteroatoms. The van der Waals surface area contributed by atoms with Crippen LogP contribution in [0.2, 0.25) is 0 Å². The molecule has 43 heavy (non-hydrogen) atoms. The maximum atomic E-state index is 13.6. The van der Waals surface area contributed by atoms with Gasteiger partial charge in [-0.15, -0.1) is 0 Å². The Hall–Kier alpha value is -4.34. The Morgan fingerprint density at radius 2 is 1.70 bits per heavy atom. The Morgan fingerprint density at radius 3 is 2.37 bits per heavy atom. The van der Waals surface area contributed by atoms with E-state index in [1.54, 1.807) is 13.2 Å². The average molecular weight is 591 g/mol. The molecule has 0 saturated heterocycles. The Bertz CT molecular complexity index is 1380. The lowest BCUT2D eigenvalue weighted by molar-refractivity contribution is -0.141. The van der Waals surface area contributed by atoms with Crippen LogP contribution in [0.25, 0.3) is 11.3 Å². The lowest BCUT2D eigenvalue weighted by Gasteiger charge is -2.25. The Labute approximate surface area is 253 Å². The Kier molecular flexibility index (Phi) is 11.2. The largest absolute Gasteiger partial charge is 0.496 e. The van der Waals surface area contributed by atoms with Gasteiger partial charge in [0.25, 0.3) is 5.91 Å². The number of rotatable bonds is 13. The van der Waals surface area contributed by atoms with Crippen molar-refractivity contribution in [1.29, 1.82) is 0 Å². The molecule has 1 unspecified atom stereocenters. The first-order chi connectivity index (χ1) is 20.8. The number of nitrogens with zero attached hydrogens (tertiary/aromatic N) is 2. The van der Waals surface area contributed by atoms with Crippen molar-refractivity contribution in [2.45, 2.75) is 71.1 Å². The summed E-state index contributed by atoms with van der Waals surface area (Å²) in [6.07, 6.45) is 5.28. The van der Waals surface area contributed by atoms with Crippen LogP contribution >= 0.6 is 0 Å². The molecule has 1 aromatic heterocycles. The predicted octanol–water partition coefficient (Wildman–Crippen LogP) is 5.08. The minimum absolute atomic E-state index is 0.0145. The van der Waals surface area contributed by atoms with Gasteiger partial charge in [-0.3, -0.25) is 19.1 Å². The summed E-state index contributed by atoms with van der Waals surface area (Å²) in [7, 11) is 2.88. The highest BCUT2D eigenvalue weighted by Gasteiger charge is 2.28. The number of methoxy groups -OCH3 is 2. The maximum absolute atomic E-state index is 13.6. The van der Waals surface area contributed by atoms with Gasteiger partial charge in [-0.1, -0.05) is 69.5 Å². The van der Waals surface area contributed by atoms with Crippen LogP contribution < -0.4 is 20.1 Å². The first-order valence-electron chi connectivity index (χ1n) is 14.9. The van der Waals surface area contributed by atoms with Crippen molar-refractivity contribution in [3.8, 4) is 22.8 Å². The van der Waals surface area contributed by atoms with E-state index >= 15 is 0 Å². The molecule has 0 bridgehead atoms. The van der Waals surface area contributed by atoms with E-state index in [0.29, 0.717) is 18.1 Å². The number of hydrogen-bond acceptors (Lipinski definition) is 7. The van der Waals surface area contributed by atoms with Gasteiger partial charge in [-0.25, -0.2) is 0 Å². The topological polar surface area (TPSA) is 121 Å². The number of amides is 2. The number of carbonyl (C=O) groups is 3. The van der Waals surface area contributed by atoms with E-state index in [9.17, 15) is 14.4 Å². The molecule has 3 aromatic rings. The van der Waals surface area contributed by atoms with Gasteiger partial charge >= 0.3 is 5.97 Å². The minimum Gasteiger partial charge on any atom is -0.496 e. The van der Waals surface area contributed by atoms with Gasteiger partial charge in [-0.05, 0) is 42.5 Å². The third-order valence-corrected chi connectivity index (χ3v) is 7.77. The predicted molar refractivity (Wildman–Crippen MR) is 163 cm³/mol. The van der Waals surface area contributed by atoms with Crippen molar-refractivity contribution in [2.75, 3.05) is 20.8 Å². The highest BCUT2D eigenvalue weighted by Crippen LogP contribution is 2.42. The number of benzene rings is 2. The summed E-state index contributed by atoms with van der Waals surface area (Å²) < 4.78 is 18.7. The van der Waals surface area contributed by atoms with Crippen molar-refractivity contribution in [3.05, 3.63) is 65.9 Å². The zero-order valence-corrected chi connectivity index (χ0v) is 25.4. The quantitative estimate of drug-likeness (QED) is 0.267. The fourth-order valence-corrected chi connectivity index (χ4v) is 5.30. The van der Waals surface area contributed by atoms with Crippen LogP contribution in [0, 0.1) is 5.92 Å². The molecule has 2 amide bonds. The molecule has 1 fully saturated rings. The Balaban J connectivity index is 1.64. The minimum atomic E-state index is -0.539. The molecular weight excluding hydrogens is 548 g/mol. The lowest BCUT2D eigenvalue weighted by atomic mass is 9.95. The van der Waals surface area contributed by atoms with E-state index in [-0.39, 0.29) is 42.4 Å². The smallest absolute Gasteiger partial charge is 0.325 e. The lowest BCUT2D eigenvalue weighted by Crippen LogP contribution is -2.43. The molecule has 2 aromatic carbocycles. The summed E-state index contributed by atoms with van der Waals surface area (Å²) >= 11 is 0. The van der Waals surface area contributed by atoms with Gasteiger partial charge in [0.15, 0.2) is 5.69 Å². The fraction of sp³-hybridized carbons (Fsp3) is 0.455. The van der Waals surface area contributed by atoms with E-state index in [1.165, 1.54) is 13.5 Å². The van der Waals surface area contributed by atoms with Crippen LogP contribution in [0.1, 0.15) is 74.5 Å². The van der Waals surface area contributed by atoms with Gasteiger partial charge in [0.2, 0.25) is 5.91 Å². The fourth-order valence-electron chi connectivity index (χ4n) is 5.30. The van der Waals surface area contributed by atoms with E-state index in [4.69, 9.17) is 14.6 Å². The van der Waals surface area contributed by atoms with E-state index in [0.717, 1.165) is 42.5 Å². The third-order valence-electron chi connectivity index (χ3n) is 7.77. The number of esters is 1. The van der Waals surface area contributed by atoms with Crippen LogP contribution in [0.4, 0.5) is 0 Å². The number of ether oxygens (including phenoxy) is 3.